The van der Waals surface area contributed by atoms with E-state index in [0.29, 0.717) is 6.42 Å². The summed E-state index contributed by atoms with van der Waals surface area (Å²) in [6.45, 7) is 2.08. The zero-order chi connectivity index (χ0) is 22.4. The van der Waals surface area contributed by atoms with Gasteiger partial charge in [-0.2, -0.15) is 0 Å². The van der Waals surface area contributed by atoms with Crippen molar-refractivity contribution in [2.45, 2.75) is 57.9 Å². The molecule has 0 spiro atoms. The van der Waals surface area contributed by atoms with Crippen LogP contribution in [-0.2, 0) is 27.7 Å². The Kier molecular flexibility index (Phi) is 7.70. The molecule has 168 valence electrons. The highest BCUT2D eigenvalue weighted by Crippen LogP contribution is 2.26. The number of hydrogen-bond donors (Lipinski definition) is 1. The van der Waals surface area contributed by atoms with Crippen molar-refractivity contribution in [2.24, 2.45) is 0 Å². The average molecular weight is 447 g/mol. The van der Waals surface area contributed by atoms with Crippen LogP contribution >= 0.6 is 0 Å². The molecule has 0 radical (unpaired) electrons. The maximum absolute atomic E-state index is 14.1. The SMILES string of the molecule is CC[C@@H](NC(=O)CCCN(c1ccccc1F)S(C)(=O)=O)c1ccc2c(c1)CCCC2. The van der Waals surface area contributed by atoms with Crippen LogP contribution in [0.2, 0.25) is 0 Å². The molecule has 0 saturated heterocycles. The van der Waals surface area contributed by atoms with E-state index in [1.54, 1.807) is 6.07 Å². The summed E-state index contributed by atoms with van der Waals surface area (Å²) in [6, 6.07) is 12.2. The number of rotatable bonds is 9. The molecule has 31 heavy (non-hydrogen) atoms. The zero-order valence-electron chi connectivity index (χ0n) is 18.2. The first kappa shape index (κ1) is 23.3. The summed E-state index contributed by atoms with van der Waals surface area (Å²) < 4.78 is 39.4. The molecule has 0 heterocycles. The predicted molar refractivity (Wildman–Crippen MR) is 122 cm³/mol. The number of amides is 1. The van der Waals surface area contributed by atoms with E-state index in [-0.39, 0.29) is 30.6 Å². The van der Waals surface area contributed by atoms with Gasteiger partial charge in [0, 0.05) is 13.0 Å². The lowest BCUT2D eigenvalue weighted by molar-refractivity contribution is -0.121. The summed E-state index contributed by atoms with van der Waals surface area (Å²) in [7, 11) is -3.66. The molecule has 0 bridgehead atoms. The number of hydrogen-bond acceptors (Lipinski definition) is 3. The molecule has 2 aromatic rings. The topological polar surface area (TPSA) is 66.5 Å². The molecule has 1 atom stereocenters. The van der Waals surface area contributed by atoms with Gasteiger partial charge in [0.25, 0.3) is 0 Å². The monoisotopic (exact) mass is 446 g/mol. The van der Waals surface area contributed by atoms with Gasteiger partial charge in [-0.15, -0.1) is 0 Å². The molecule has 1 amide bonds. The quantitative estimate of drug-likeness (QED) is 0.616. The van der Waals surface area contributed by atoms with E-state index in [9.17, 15) is 17.6 Å². The second-order valence-corrected chi connectivity index (χ2v) is 10.1. The van der Waals surface area contributed by atoms with Crippen molar-refractivity contribution >= 4 is 21.6 Å². The number of nitrogens with zero attached hydrogens (tertiary/aromatic N) is 1. The van der Waals surface area contributed by atoms with Crippen LogP contribution < -0.4 is 9.62 Å². The molecule has 0 fully saturated rings. The van der Waals surface area contributed by atoms with E-state index in [2.05, 4.69) is 23.5 Å². The number of sulfonamides is 1. The summed E-state index contributed by atoms with van der Waals surface area (Å²) in [5.41, 5.74) is 3.90. The van der Waals surface area contributed by atoms with Crippen LogP contribution in [0.1, 0.15) is 61.8 Å². The van der Waals surface area contributed by atoms with Crippen molar-refractivity contribution in [1.29, 1.82) is 0 Å². The second-order valence-electron chi connectivity index (χ2n) is 8.15. The summed E-state index contributed by atoms with van der Waals surface area (Å²) >= 11 is 0. The van der Waals surface area contributed by atoms with E-state index in [0.717, 1.165) is 35.4 Å². The maximum atomic E-state index is 14.1. The van der Waals surface area contributed by atoms with E-state index < -0.39 is 15.8 Å². The van der Waals surface area contributed by atoms with Crippen LogP contribution in [0.4, 0.5) is 10.1 Å². The molecule has 0 saturated carbocycles. The van der Waals surface area contributed by atoms with Crippen molar-refractivity contribution in [3.05, 3.63) is 65.0 Å². The van der Waals surface area contributed by atoms with Crippen molar-refractivity contribution in [3.63, 3.8) is 0 Å². The fourth-order valence-electron chi connectivity index (χ4n) is 4.16. The molecule has 1 aliphatic carbocycles. The van der Waals surface area contributed by atoms with E-state index in [1.165, 1.54) is 42.2 Å². The Labute approximate surface area is 184 Å². The van der Waals surface area contributed by atoms with Crippen LogP contribution in [0.5, 0.6) is 0 Å². The Morgan fingerprint density at radius 2 is 1.84 bits per heavy atom. The number of para-hydroxylation sites is 1. The molecular formula is C24H31FN2O3S. The molecular weight excluding hydrogens is 415 g/mol. The van der Waals surface area contributed by atoms with Gasteiger partial charge in [-0.05, 0) is 67.3 Å². The van der Waals surface area contributed by atoms with Crippen LogP contribution in [-0.4, -0.2) is 27.1 Å². The highest BCUT2D eigenvalue weighted by molar-refractivity contribution is 7.92. The molecule has 7 heteroatoms. The summed E-state index contributed by atoms with van der Waals surface area (Å²) in [4.78, 5) is 12.6. The van der Waals surface area contributed by atoms with E-state index >= 15 is 0 Å². The molecule has 0 unspecified atom stereocenters. The largest absolute Gasteiger partial charge is 0.349 e. The number of nitrogens with one attached hydrogen (secondary N) is 1. The maximum Gasteiger partial charge on any atom is 0.232 e. The zero-order valence-corrected chi connectivity index (χ0v) is 19.1. The lowest BCUT2D eigenvalue weighted by atomic mass is 9.89. The first-order valence-electron chi connectivity index (χ1n) is 10.9. The van der Waals surface area contributed by atoms with Gasteiger partial charge in [0.1, 0.15) is 5.82 Å². The standard InChI is InChI=1S/C24H31FN2O3S/c1-3-22(20-15-14-18-9-4-5-10-19(18)17-20)26-24(28)13-8-16-27(31(2,29)30)23-12-7-6-11-21(23)25/h6-7,11-12,14-15,17,22H,3-5,8-10,13,16H2,1-2H3,(H,26,28)/t22-/m1/s1. The Bertz CT molecular complexity index is 1020. The summed E-state index contributed by atoms with van der Waals surface area (Å²) in [5.74, 6) is -0.734. The number of halogens is 1. The Hall–Kier alpha value is -2.41. The Balaban J connectivity index is 1.60. The van der Waals surface area contributed by atoms with Gasteiger partial charge in [0.15, 0.2) is 0 Å². The van der Waals surface area contributed by atoms with Gasteiger partial charge in [0.2, 0.25) is 15.9 Å². The number of aryl methyl sites for hydroxylation is 2. The van der Waals surface area contributed by atoms with Gasteiger partial charge in [-0.1, -0.05) is 37.3 Å². The van der Waals surface area contributed by atoms with Gasteiger partial charge in [-0.3, -0.25) is 9.10 Å². The fraction of sp³-hybridized carbons (Fsp3) is 0.458. The first-order chi connectivity index (χ1) is 14.8. The normalized spacial score (nSPS) is 14.5. The van der Waals surface area contributed by atoms with Crippen molar-refractivity contribution in [3.8, 4) is 0 Å². The molecule has 5 nitrogen and oxygen atoms in total. The van der Waals surface area contributed by atoms with E-state index in [4.69, 9.17) is 0 Å². The minimum absolute atomic E-state index is 0.00546. The summed E-state index contributed by atoms with van der Waals surface area (Å²) in [5, 5.41) is 3.07. The van der Waals surface area contributed by atoms with Crippen molar-refractivity contribution < 1.29 is 17.6 Å². The average Bonchev–Trinajstić information content (AvgIpc) is 2.74. The van der Waals surface area contributed by atoms with Gasteiger partial charge < -0.3 is 5.32 Å². The predicted octanol–water partition coefficient (Wildman–Crippen LogP) is 4.52. The van der Waals surface area contributed by atoms with Gasteiger partial charge >= 0.3 is 0 Å². The first-order valence-corrected chi connectivity index (χ1v) is 12.8. The van der Waals surface area contributed by atoms with Gasteiger partial charge in [0.05, 0.1) is 18.0 Å². The third-order valence-corrected chi connectivity index (χ3v) is 6.98. The Morgan fingerprint density at radius 3 is 2.52 bits per heavy atom. The number of benzene rings is 2. The van der Waals surface area contributed by atoms with Crippen LogP contribution in [0.25, 0.3) is 0 Å². The summed E-state index contributed by atoms with van der Waals surface area (Å²) in [6.07, 6.45) is 6.94. The molecule has 1 N–H and O–H groups in total. The van der Waals surface area contributed by atoms with E-state index in [1.807, 2.05) is 6.92 Å². The fourth-order valence-corrected chi connectivity index (χ4v) is 5.13. The Morgan fingerprint density at radius 1 is 1.13 bits per heavy atom. The number of fused-ring (bicyclic) bond motifs is 1. The number of carbonyl (C=O) groups excluding carboxylic acids is 1. The molecule has 0 aromatic heterocycles. The third-order valence-electron chi connectivity index (χ3n) is 5.80. The van der Waals surface area contributed by atoms with Crippen molar-refractivity contribution in [2.75, 3.05) is 17.1 Å². The minimum atomic E-state index is -3.66. The van der Waals surface area contributed by atoms with Crippen LogP contribution in [0.15, 0.2) is 42.5 Å². The van der Waals surface area contributed by atoms with Gasteiger partial charge in [-0.25, -0.2) is 12.8 Å². The minimum Gasteiger partial charge on any atom is -0.349 e. The third kappa shape index (κ3) is 6.06. The second kappa shape index (κ2) is 10.3. The smallest absolute Gasteiger partial charge is 0.232 e. The van der Waals surface area contributed by atoms with Crippen LogP contribution in [0.3, 0.4) is 0 Å². The van der Waals surface area contributed by atoms with Crippen LogP contribution in [0, 0.1) is 5.82 Å². The molecule has 0 aliphatic heterocycles. The number of anilines is 1. The lowest BCUT2D eigenvalue weighted by Gasteiger charge is -2.23. The van der Waals surface area contributed by atoms with Crippen molar-refractivity contribution in [1.82, 2.24) is 5.32 Å². The highest BCUT2D eigenvalue weighted by Gasteiger charge is 2.21. The lowest BCUT2D eigenvalue weighted by Crippen LogP contribution is -2.33. The number of carbonyl (C=O) groups is 1. The molecule has 2 aromatic carbocycles. The molecule has 1 aliphatic rings. The highest BCUT2D eigenvalue weighted by atomic mass is 32.2. The molecule has 3 rings (SSSR count).